The van der Waals surface area contributed by atoms with Crippen LogP contribution in [0.5, 0.6) is 0 Å². The van der Waals surface area contributed by atoms with E-state index in [1.54, 1.807) is 0 Å². The van der Waals surface area contributed by atoms with Gasteiger partial charge in [0.05, 0.1) is 0 Å². The predicted octanol–water partition coefficient (Wildman–Crippen LogP) is 6.66. The average molecular weight is 309 g/mol. The molecule has 0 aliphatic heterocycles. The average Bonchev–Trinajstić information content (AvgIpc) is 2.50. The Morgan fingerprint density at radius 1 is 0.682 bits per heavy atom. The second-order valence-electron chi connectivity index (χ2n) is 6.07. The van der Waals surface area contributed by atoms with Crippen LogP contribution in [0.4, 0.5) is 0 Å². The van der Waals surface area contributed by atoms with Crippen LogP contribution < -0.4 is 0 Å². The number of allylic oxidation sites excluding steroid dienone is 4. The molecule has 0 heterocycles. The van der Waals surface area contributed by atoms with Crippen molar-refractivity contribution in [2.45, 2.75) is 96.8 Å². The van der Waals surface area contributed by atoms with Crippen molar-refractivity contribution >= 4 is 5.97 Å². The van der Waals surface area contributed by atoms with Crippen molar-refractivity contribution in [3.8, 4) is 0 Å². The van der Waals surface area contributed by atoms with Crippen LogP contribution in [0.2, 0.25) is 0 Å². The van der Waals surface area contributed by atoms with Gasteiger partial charge in [0.25, 0.3) is 0 Å². The van der Waals surface area contributed by atoms with Crippen molar-refractivity contribution in [3.63, 3.8) is 0 Å². The lowest BCUT2D eigenvalue weighted by Crippen LogP contribution is -1.93. The molecule has 0 aromatic heterocycles. The molecule has 0 saturated heterocycles. The van der Waals surface area contributed by atoms with Gasteiger partial charge in [0.1, 0.15) is 0 Å². The van der Waals surface area contributed by atoms with Crippen molar-refractivity contribution < 1.29 is 9.90 Å². The minimum Gasteiger partial charge on any atom is -0.481 e. The first-order valence-electron chi connectivity index (χ1n) is 9.29. The molecular formula is C20H36O2. The first-order valence-corrected chi connectivity index (χ1v) is 9.29. The van der Waals surface area contributed by atoms with E-state index >= 15 is 0 Å². The second-order valence-corrected chi connectivity index (χ2v) is 6.07. The minimum atomic E-state index is -0.664. The predicted molar refractivity (Wildman–Crippen MR) is 96.2 cm³/mol. The maximum atomic E-state index is 10.3. The molecule has 0 amide bonds. The number of hydrogen-bond acceptors (Lipinski definition) is 1. The number of rotatable bonds is 16. The highest BCUT2D eigenvalue weighted by molar-refractivity contribution is 5.66. The zero-order valence-corrected chi connectivity index (χ0v) is 14.6. The molecule has 2 nitrogen and oxygen atoms in total. The highest BCUT2D eigenvalue weighted by Gasteiger charge is 1.96. The Morgan fingerprint density at radius 2 is 1.14 bits per heavy atom. The van der Waals surface area contributed by atoms with Gasteiger partial charge < -0.3 is 5.11 Å². The van der Waals surface area contributed by atoms with Gasteiger partial charge in [-0.1, -0.05) is 76.2 Å². The van der Waals surface area contributed by atoms with Crippen LogP contribution in [0.1, 0.15) is 96.8 Å². The smallest absolute Gasteiger partial charge is 0.303 e. The van der Waals surface area contributed by atoms with Crippen LogP contribution in [0.25, 0.3) is 0 Å². The van der Waals surface area contributed by atoms with E-state index in [1.807, 2.05) is 0 Å². The number of carboxylic acid groups (broad SMARTS) is 1. The summed E-state index contributed by atoms with van der Waals surface area (Å²) in [5, 5.41) is 8.53. The zero-order chi connectivity index (χ0) is 16.3. The summed E-state index contributed by atoms with van der Waals surface area (Å²) in [7, 11) is 0. The Labute approximate surface area is 137 Å². The first-order chi connectivity index (χ1) is 10.8. The molecule has 0 spiro atoms. The van der Waals surface area contributed by atoms with E-state index in [2.05, 4.69) is 31.2 Å². The van der Waals surface area contributed by atoms with Crippen molar-refractivity contribution in [3.05, 3.63) is 24.3 Å². The van der Waals surface area contributed by atoms with Gasteiger partial charge in [-0.25, -0.2) is 0 Å². The number of aliphatic carboxylic acids is 1. The highest BCUT2D eigenvalue weighted by atomic mass is 16.4. The van der Waals surface area contributed by atoms with E-state index in [4.69, 9.17) is 5.11 Å². The Bertz CT molecular complexity index is 292. The fourth-order valence-corrected chi connectivity index (χ4v) is 2.41. The first kappa shape index (κ1) is 20.9. The van der Waals surface area contributed by atoms with Crippen molar-refractivity contribution in [1.29, 1.82) is 0 Å². The summed E-state index contributed by atoms with van der Waals surface area (Å²) in [6, 6.07) is 0. The maximum absolute atomic E-state index is 10.3. The van der Waals surface area contributed by atoms with Crippen LogP contribution in [0, 0.1) is 0 Å². The molecule has 0 saturated carbocycles. The molecule has 1 N–H and O–H groups in total. The van der Waals surface area contributed by atoms with Crippen molar-refractivity contribution in [1.82, 2.24) is 0 Å². The molecule has 2 heteroatoms. The number of unbranched alkanes of at least 4 members (excludes halogenated alkanes) is 10. The molecule has 0 bridgehead atoms. The summed E-state index contributed by atoms with van der Waals surface area (Å²) in [6.07, 6.45) is 25.2. The molecule has 0 fully saturated rings. The Kier molecular flexibility index (Phi) is 17.1. The van der Waals surface area contributed by atoms with E-state index in [1.165, 1.54) is 70.6 Å². The van der Waals surface area contributed by atoms with Crippen LogP contribution >= 0.6 is 0 Å². The Balaban J connectivity index is 3.14. The van der Waals surface area contributed by atoms with Crippen LogP contribution in [0.3, 0.4) is 0 Å². The Hall–Kier alpha value is -1.05. The number of carboxylic acids is 1. The van der Waals surface area contributed by atoms with E-state index in [9.17, 15) is 4.79 Å². The molecular weight excluding hydrogens is 272 g/mol. The van der Waals surface area contributed by atoms with Crippen LogP contribution in [-0.2, 0) is 4.79 Å². The summed E-state index contributed by atoms with van der Waals surface area (Å²) >= 11 is 0. The van der Waals surface area contributed by atoms with Gasteiger partial charge in [0, 0.05) is 6.42 Å². The summed E-state index contributed by atoms with van der Waals surface area (Å²) in [4.78, 5) is 10.3. The van der Waals surface area contributed by atoms with Crippen molar-refractivity contribution in [2.24, 2.45) is 0 Å². The van der Waals surface area contributed by atoms with Gasteiger partial charge in [0.15, 0.2) is 0 Å². The van der Waals surface area contributed by atoms with Gasteiger partial charge in [-0.3, -0.25) is 4.79 Å². The number of carbonyl (C=O) groups is 1. The van der Waals surface area contributed by atoms with Gasteiger partial charge in [-0.2, -0.15) is 0 Å². The van der Waals surface area contributed by atoms with E-state index in [-0.39, 0.29) is 0 Å². The van der Waals surface area contributed by atoms with Crippen molar-refractivity contribution in [2.75, 3.05) is 0 Å². The second kappa shape index (κ2) is 18.0. The highest BCUT2D eigenvalue weighted by Crippen LogP contribution is 2.10. The monoisotopic (exact) mass is 308 g/mol. The van der Waals surface area contributed by atoms with E-state index in [0.717, 1.165) is 12.8 Å². The van der Waals surface area contributed by atoms with Crippen LogP contribution in [-0.4, -0.2) is 11.1 Å². The molecule has 22 heavy (non-hydrogen) atoms. The largest absolute Gasteiger partial charge is 0.481 e. The number of hydrogen-bond donors (Lipinski definition) is 1. The SMILES string of the molecule is CCCC/C=C/CC/C=C/CCCCCCCCCC(=O)O. The van der Waals surface area contributed by atoms with Gasteiger partial charge in [-0.15, -0.1) is 0 Å². The molecule has 0 aromatic rings. The van der Waals surface area contributed by atoms with Crippen LogP contribution in [0.15, 0.2) is 24.3 Å². The van der Waals surface area contributed by atoms with E-state index in [0.29, 0.717) is 6.42 Å². The third kappa shape index (κ3) is 18.9. The molecule has 0 atom stereocenters. The van der Waals surface area contributed by atoms with Gasteiger partial charge in [0.2, 0.25) is 0 Å². The van der Waals surface area contributed by atoms with Gasteiger partial charge in [-0.05, 0) is 38.5 Å². The summed E-state index contributed by atoms with van der Waals surface area (Å²) < 4.78 is 0. The molecule has 0 unspecified atom stereocenters. The standard InChI is InChI=1S/C20H36O2/c1-2-3-4-5-6-7-8-9-10-11-12-13-14-15-16-17-18-19-20(21)22/h5-6,9-10H,2-4,7-8,11-19H2,1H3,(H,21,22)/b6-5+,10-9+. The molecule has 128 valence electrons. The fourth-order valence-electron chi connectivity index (χ4n) is 2.41. The third-order valence-corrected chi connectivity index (χ3v) is 3.82. The molecule has 0 aromatic carbocycles. The molecule has 0 aliphatic rings. The Morgan fingerprint density at radius 3 is 1.68 bits per heavy atom. The fraction of sp³-hybridized carbons (Fsp3) is 0.750. The normalized spacial score (nSPS) is 11.7. The third-order valence-electron chi connectivity index (χ3n) is 3.82. The van der Waals surface area contributed by atoms with E-state index < -0.39 is 5.97 Å². The summed E-state index contributed by atoms with van der Waals surface area (Å²) in [5.41, 5.74) is 0. The molecule has 0 radical (unpaired) electrons. The summed E-state index contributed by atoms with van der Waals surface area (Å²) in [6.45, 7) is 2.23. The summed E-state index contributed by atoms with van der Waals surface area (Å²) in [5.74, 6) is -0.664. The minimum absolute atomic E-state index is 0.332. The molecule has 0 aliphatic carbocycles. The lowest BCUT2D eigenvalue weighted by atomic mass is 10.1. The maximum Gasteiger partial charge on any atom is 0.303 e. The zero-order valence-electron chi connectivity index (χ0n) is 14.6. The molecule has 0 rings (SSSR count). The lowest BCUT2D eigenvalue weighted by molar-refractivity contribution is -0.137. The lowest BCUT2D eigenvalue weighted by Gasteiger charge is -2.00. The topological polar surface area (TPSA) is 37.3 Å². The quantitative estimate of drug-likeness (QED) is 0.255. The van der Waals surface area contributed by atoms with Gasteiger partial charge >= 0.3 is 5.97 Å².